The SMILES string of the molecule is CC1(c2nc(C3CCOC3)no2)CCCC1N. The van der Waals surface area contributed by atoms with E-state index in [2.05, 4.69) is 17.1 Å². The Morgan fingerprint density at radius 2 is 2.29 bits per heavy atom. The molecule has 2 heterocycles. The summed E-state index contributed by atoms with van der Waals surface area (Å²) in [6.45, 7) is 3.64. The molecular weight excluding hydrogens is 218 g/mol. The van der Waals surface area contributed by atoms with Gasteiger partial charge in [-0.15, -0.1) is 0 Å². The highest BCUT2D eigenvalue weighted by Gasteiger charge is 2.43. The van der Waals surface area contributed by atoms with Gasteiger partial charge in [-0.1, -0.05) is 11.6 Å². The molecule has 0 radical (unpaired) electrons. The van der Waals surface area contributed by atoms with E-state index < -0.39 is 0 Å². The lowest BCUT2D eigenvalue weighted by Crippen LogP contribution is -2.38. The molecule has 3 atom stereocenters. The molecule has 1 saturated heterocycles. The minimum atomic E-state index is -0.134. The predicted octanol–water partition coefficient (Wildman–Crippen LogP) is 1.34. The number of aromatic nitrogens is 2. The van der Waals surface area contributed by atoms with Crippen LogP contribution in [0.25, 0.3) is 0 Å². The Morgan fingerprint density at radius 1 is 1.41 bits per heavy atom. The van der Waals surface area contributed by atoms with Crippen LogP contribution in [0.4, 0.5) is 0 Å². The van der Waals surface area contributed by atoms with Gasteiger partial charge in [-0.3, -0.25) is 0 Å². The minimum absolute atomic E-state index is 0.134. The molecule has 5 nitrogen and oxygen atoms in total. The molecule has 0 bridgehead atoms. The van der Waals surface area contributed by atoms with Crippen LogP contribution < -0.4 is 5.73 Å². The molecule has 94 valence electrons. The van der Waals surface area contributed by atoms with Crippen LogP contribution in [-0.2, 0) is 10.2 Å². The van der Waals surface area contributed by atoms with Crippen LogP contribution in [0.2, 0.25) is 0 Å². The zero-order valence-electron chi connectivity index (χ0n) is 10.2. The molecule has 1 aromatic heterocycles. The highest BCUT2D eigenvalue weighted by Crippen LogP contribution is 2.39. The van der Waals surface area contributed by atoms with E-state index in [1.807, 2.05) is 0 Å². The second-order valence-corrected chi connectivity index (χ2v) is 5.43. The molecule has 1 aliphatic carbocycles. The average molecular weight is 237 g/mol. The minimum Gasteiger partial charge on any atom is -0.381 e. The van der Waals surface area contributed by atoms with E-state index in [0.29, 0.717) is 18.4 Å². The summed E-state index contributed by atoms with van der Waals surface area (Å²) >= 11 is 0. The number of nitrogens with two attached hydrogens (primary N) is 1. The predicted molar refractivity (Wildman–Crippen MR) is 61.7 cm³/mol. The Hall–Kier alpha value is -0.940. The van der Waals surface area contributed by atoms with Crippen LogP contribution in [0, 0.1) is 0 Å². The van der Waals surface area contributed by atoms with Gasteiger partial charge in [0.15, 0.2) is 5.82 Å². The first-order valence-electron chi connectivity index (χ1n) is 6.37. The van der Waals surface area contributed by atoms with Gasteiger partial charge in [0, 0.05) is 18.6 Å². The molecule has 0 spiro atoms. The molecule has 1 aliphatic heterocycles. The van der Waals surface area contributed by atoms with Crippen molar-refractivity contribution in [3.05, 3.63) is 11.7 Å². The van der Waals surface area contributed by atoms with Crippen molar-refractivity contribution in [3.8, 4) is 0 Å². The molecular formula is C12H19N3O2. The summed E-state index contributed by atoms with van der Waals surface area (Å²) in [6.07, 6.45) is 4.21. The third kappa shape index (κ3) is 1.77. The maximum absolute atomic E-state index is 6.16. The highest BCUT2D eigenvalue weighted by atomic mass is 16.5. The summed E-state index contributed by atoms with van der Waals surface area (Å²) in [5, 5.41) is 4.10. The first-order valence-corrected chi connectivity index (χ1v) is 6.37. The standard InChI is InChI=1S/C12H19N3O2/c1-12(5-2-3-9(12)13)11-14-10(15-17-11)8-4-6-16-7-8/h8-9H,2-7,13H2,1H3. The summed E-state index contributed by atoms with van der Waals surface area (Å²) in [6, 6.07) is 0.135. The molecule has 17 heavy (non-hydrogen) atoms. The third-order valence-corrected chi connectivity index (χ3v) is 4.25. The number of ether oxygens (including phenoxy) is 1. The van der Waals surface area contributed by atoms with E-state index in [9.17, 15) is 0 Å². The fourth-order valence-electron chi connectivity index (χ4n) is 2.83. The van der Waals surface area contributed by atoms with Crippen LogP contribution in [0.15, 0.2) is 4.52 Å². The van der Waals surface area contributed by atoms with Crippen LogP contribution in [0.3, 0.4) is 0 Å². The second kappa shape index (κ2) is 4.07. The first-order chi connectivity index (χ1) is 8.20. The summed E-state index contributed by atoms with van der Waals surface area (Å²) < 4.78 is 10.8. The molecule has 5 heteroatoms. The van der Waals surface area contributed by atoms with Crippen molar-refractivity contribution in [1.29, 1.82) is 0 Å². The quantitative estimate of drug-likeness (QED) is 0.840. The van der Waals surface area contributed by atoms with E-state index in [-0.39, 0.29) is 11.5 Å². The van der Waals surface area contributed by atoms with E-state index in [1.165, 1.54) is 0 Å². The van der Waals surface area contributed by atoms with Crippen LogP contribution in [-0.4, -0.2) is 29.4 Å². The summed E-state index contributed by atoms with van der Waals surface area (Å²) in [4.78, 5) is 4.56. The number of hydrogen-bond donors (Lipinski definition) is 1. The monoisotopic (exact) mass is 237 g/mol. The van der Waals surface area contributed by atoms with Crippen molar-refractivity contribution in [1.82, 2.24) is 10.1 Å². The van der Waals surface area contributed by atoms with Gasteiger partial charge in [0.05, 0.1) is 12.0 Å². The smallest absolute Gasteiger partial charge is 0.234 e. The maximum Gasteiger partial charge on any atom is 0.234 e. The Balaban J connectivity index is 1.84. The van der Waals surface area contributed by atoms with Gasteiger partial charge in [0.1, 0.15) is 0 Å². The van der Waals surface area contributed by atoms with Crippen LogP contribution in [0.5, 0.6) is 0 Å². The molecule has 0 amide bonds. The van der Waals surface area contributed by atoms with Gasteiger partial charge in [-0.25, -0.2) is 0 Å². The van der Waals surface area contributed by atoms with Crippen molar-refractivity contribution < 1.29 is 9.26 Å². The Kier molecular flexibility index (Phi) is 2.67. The summed E-state index contributed by atoms with van der Waals surface area (Å²) in [5.74, 6) is 1.80. The largest absolute Gasteiger partial charge is 0.381 e. The van der Waals surface area contributed by atoms with E-state index in [4.69, 9.17) is 15.0 Å². The molecule has 1 saturated carbocycles. The zero-order chi connectivity index (χ0) is 11.9. The molecule has 1 aromatic rings. The molecule has 2 aliphatic rings. The molecule has 2 N–H and O–H groups in total. The normalized spacial score (nSPS) is 37.8. The molecule has 0 aromatic carbocycles. The van der Waals surface area contributed by atoms with Crippen molar-refractivity contribution in [2.75, 3.05) is 13.2 Å². The van der Waals surface area contributed by atoms with Crippen LogP contribution in [0.1, 0.15) is 50.2 Å². The highest BCUT2D eigenvalue weighted by molar-refractivity contribution is 5.13. The van der Waals surface area contributed by atoms with E-state index in [0.717, 1.165) is 38.1 Å². The first kappa shape index (κ1) is 11.2. The van der Waals surface area contributed by atoms with Crippen molar-refractivity contribution >= 4 is 0 Å². The Morgan fingerprint density at radius 3 is 2.94 bits per heavy atom. The number of nitrogens with zero attached hydrogens (tertiary/aromatic N) is 2. The van der Waals surface area contributed by atoms with Crippen molar-refractivity contribution in [2.45, 2.75) is 50.0 Å². The summed E-state index contributed by atoms with van der Waals surface area (Å²) in [5.41, 5.74) is 6.02. The van der Waals surface area contributed by atoms with E-state index >= 15 is 0 Å². The topological polar surface area (TPSA) is 74.2 Å². The van der Waals surface area contributed by atoms with Crippen LogP contribution >= 0.6 is 0 Å². The lowest BCUT2D eigenvalue weighted by Gasteiger charge is -2.23. The lowest BCUT2D eigenvalue weighted by atomic mass is 9.85. The zero-order valence-corrected chi connectivity index (χ0v) is 10.2. The van der Waals surface area contributed by atoms with Gasteiger partial charge in [0.25, 0.3) is 0 Å². The van der Waals surface area contributed by atoms with Gasteiger partial charge in [-0.05, 0) is 26.2 Å². The number of rotatable bonds is 2. The summed E-state index contributed by atoms with van der Waals surface area (Å²) in [7, 11) is 0. The van der Waals surface area contributed by atoms with Gasteiger partial charge < -0.3 is 15.0 Å². The fraction of sp³-hybridized carbons (Fsp3) is 0.833. The average Bonchev–Trinajstić information content (AvgIpc) is 3.01. The molecule has 3 rings (SSSR count). The molecule has 2 fully saturated rings. The lowest BCUT2D eigenvalue weighted by molar-refractivity contribution is 0.192. The Bertz CT molecular complexity index is 400. The van der Waals surface area contributed by atoms with Gasteiger partial charge >= 0.3 is 0 Å². The van der Waals surface area contributed by atoms with Gasteiger partial charge in [-0.2, -0.15) is 4.98 Å². The van der Waals surface area contributed by atoms with Crippen molar-refractivity contribution in [2.24, 2.45) is 5.73 Å². The van der Waals surface area contributed by atoms with Crippen molar-refractivity contribution in [3.63, 3.8) is 0 Å². The maximum atomic E-state index is 6.16. The Labute approximate surface area is 101 Å². The van der Waals surface area contributed by atoms with Gasteiger partial charge in [0.2, 0.25) is 5.89 Å². The fourth-order valence-corrected chi connectivity index (χ4v) is 2.83. The van der Waals surface area contributed by atoms with E-state index in [1.54, 1.807) is 0 Å². The third-order valence-electron chi connectivity index (χ3n) is 4.25. The molecule has 3 unspecified atom stereocenters. The number of hydrogen-bond acceptors (Lipinski definition) is 5. The second-order valence-electron chi connectivity index (χ2n) is 5.43.